The Morgan fingerprint density at radius 3 is 2.08 bits per heavy atom. The third-order valence-electron chi connectivity index (χ3n) is 3.77. The van der Waals surface area contributed by atoms with Crippen LogP contribution in [0.25, 0.3) is 22.6 Å². The summed E-state index contributed by atoms with van der Waals surface area (Å²) < 4.78 is 0. The normalized spacial score (nSPS) is 10.4. The highest BCUT2D eigenvalue weighted by atomic mass is 15.0. The van der Waals surface area contributed by atoms with Crippen LogP contribution in [0.5, 0.6) is 0 Å². The maximum absolute atomic E-state index is 4.65. The summed E-state index contributed by atoms with van der Waals surface area (Å²) in [6.45, 7) is 0. The van der Waals surface area contributed by atoms with Crippen LogP contribution in [0.3, 0.4) is 0 Å². The van der Waals surface area contributed by atoms with E-state index in [-0.39, 0.29) is 0 Å². The second-order valence-electron chi connectivity index (χ2n) is 5.54. The average Bonchev–Trinajstić information content (AvgIpc) is 2.70. The number of aromatic nitrogens is 3. The van der Waals surface area contributed by atoms with Crippen LogP contribution < -0.4 is 5.32 Å². The molecule has 0 amide bonds. The third kappa shape index (κ3) is 3.53. The zero-order chi connectivity index (χ0) is 16.9. The Bertz CT molecular complexity index is 888. The van der Waals surface area contributed by atoms with E-state index in [2.05, 4.69) is 26.3 Å². The minimum absolute atomic E-state index is 0.779. The summed E-state index contributed by atoms with van der Waals surface area (Å²) in [4.78, 5) is 13.4. The highest BCUT2D eigenvalue weighted by Crippen LogP contribution is 2.23. The molecule has 0 aliphatic rings. The lowest BCUT2D eigenvalue weighted by Gasteiger charge is -2.09. The molecule has 0 radical (unpaired) electrons. The average molecular weight is 324 g/mol. The fourth-order valence-corrected chi connectivity index (χ4v) is 2.60. The summed E-state index contributed by atoms with van der Waals surface area (Å²) >= 11 is 0. The molecule has 4 nitrogen and oxygen atoms in total. The molecule has 0 saturated heterocycles. The molecular weight excluding hydrogens is 308 g/mol. The van der Waals surface area contributed by atoms with Gasteiger partial charge < -0.3 is 5.32 Å². The standard InChI is InChI=1S/C21H16N4/c1-3-13-22-18(9-1)16-7-5-8-17(15-16)24-21-12-6-11-20(25-21)19-10-2-4-14-23-19/h1-15H,(H,24,25). The third-order valence-corrected chi connectivity index (χ3v) is 3.77. The monoisotopic (exact) mass is 324 g/mol. The molecule has 0 aliphatic heterocycles. The van der Waals surface area contributed by atoms with E-state index in [9.17, 15) is 0 Å². The second-order valence-corrected chi connectivity index (χ2v) is 5.54. The van der Waals surface area contributed by atoms with Gasteiger partial charge in [0.25, 0.3) is 0 Å². The predicted molar refractivity (Wildman–Crippen MR) is 100 cm³/mol. The van der Waals surface area contributed by atoms with Crippen LogP contribution in [0.4, 0.5) is 11.5 Å². The van der Waals surface area contributed by atoms with Gasteiger partial charge in [0, 0.05) is 23.6 Å². The van der Waals surface area contributed by atoms with Gasteiger partial charge in [-0.05, 0) is 48.5 Å². The topological polar surface area (TPSA) is 50.7 Å². The van der Waals surface area contributed by atoms with Crippen molar-refractivity contribution in [1.82, 2.24) is 15.0 Å². The van der Waals surface area contributed by atoms with E-state index in [0.717, 1.165) is 34.2 Å². The lowest BCUT2D eigenvalue weighted by molar-refractivity contribution is 1.24. The van der Waals surface area contributed by atoms with Crippen molar-refractivity contribution >= 4 is 11.5 Å². The van der Waals surface area contributed by atoms with Crippen molar-refractivity contribution in [3.63, 3.8) is 0 Å². The molecule has 4 aromatic rings. The van der Waals surface area contributed by atoms with Gasteiger partial charge in [-0.25, -0.2) is 4.98 Å². The van der Waals surface area contributed by atoms with Gasteiger partial charge in [-0.3, -0.25) is 9.97 Å². The van der Waals surface area contributed by atoms with Crippen LogP contribution in [0.2, 0.25) is 0 Å². The molecule has 4 rings (SSSR count). The maximum Gasteiger partial charge on any atom is 0.131 e. The van der Waals surface area contributed by atoms with E-state index in [0.29, 0.717) is 0 Å². The quantitative estimate of drug-likeness (QED) is 0.577. The van der Waals surface area contributed by atoms with Gasteiger partial charge in [0.1, 0.15) is 5.82 Å². The highest BCUT2D eigenvalue weighted by Gasteiger charge is 2.04. The largest absolute Gasteiger partial charge is 0.340 e. The molecule has 1 aromatic carbocycles. The van der Waals surface area contributed by atoms with Crippen molar-refractivity contribution in [3.8, 4) is 22.6 Å². The first-order chi connectivity index (χ1) is 12.4. The first kappa shape index (κ1) is 15.0. The first-order valence-electron chi connectivity index (χ1n) is 8.05. The van der Waals surface area contributed by atoms with Crippen molar-refractivity contribution in [2.24, 2.45) is 0 Å². The van der Waals surface area contributed by atoms with Crippen molar-refractivity contribution in [1.29, 1.82) is 0 Å². The summed E-state index contributed by atoms with van der Waals surface area (Å²) in [5, 5.41) is 3.36. The van der Waals surface area contributed by atoms with E-state index in [1.54, 1.807) is 12.4 Å². The molecule has 0 atom stereocenters. The molecule has 0 spiro atoms. The molecule has 120 valence electrons. The van der Waals surface area contributed by atoms with Crippen molar-refractivity contribution < 1.29 is 0 Å². The summed E-state index contributed by atoms with van der Waals surface area (Å²) in [6.07, 6.45) is 3.57. The minimum Gasteiger partial charge on any atom is -0.340 e. The van der Waals surface area contributed by atoms with Crippen LogP contribution >= 0.6 is 0 Å². The fourth-order valence-electron chi connectivity index (χ4n) is 2.60. The fraction of sp³-hybridized carbons (Fsp3) is 0. The van der Waals surface area contributed by atoms with Gasteiger partial charge in [-0.2, -0.15) is 0 Å². The number of pyridine rings is 3. The Kier molecular flexibility index (Phi) is 4.16. The minimum atomic E-state index is 0.779. The molecular formula is C21H16N4. The molecule has 0 aliphatic carbocycles. The number of benzene rings is 1. The van der Waals surface area contributed by atoms with E-state index < -0.39 is 0 Å². The van der Waals surface area contributed by atoms with E-state index in [1.165, 1.54) is 0 Å². The lowest BCUT2D eigenvalue weighted by Crippen LogP contribution is -1.96. The molecule has 1 N–H and O–H groups in total. The van der Waals surface area contributed by atoms with Crippen molar-refractivity contribution in [2.45, 2.75) is 0 Å². The van der Waals surface area contributed by atoms with Crippen LogP contribution in [0.1, 0.15) is 0 Å². The van der Waals surface area contributed by atoms with Gasteiger partial charge >= 0.3 is 0 Å². The first-order valence-corrected chi connectivity index (χ1v) is 8.05. The number of anilines is 2. The Labute approximate surface area is 146 Å². The number of hydrogen-bond donors (Lipinski definition) is 1. The van der Waals surface area contributed by atoms with Gasteiger partial charge in [0.2, 0.25) is 0 Å². The van der Waals surface area contributed by atoms with Gasteiger partial charge in [-0.1, -0.05) is 30.3 Å². The molecule has 3 heterocycles. The zero-order valence-corrected chi connectivity index (χ0v) is 13.5. The van der Waals surface area contributed by atoms with Gasteiger partial charge in [-0.15, -0.1) is 0 Å². The van der Waals surface area contributed by atoms with Gasteiger partial charge in [0.05, 0.1) is 17.1 Å². The Balaban J connectivity index is 1.61. The summed E-state index contributed by atoms with van der Waals surface area (Å²) in [7, 11) is 0. The van der Waals surface area contributed by atoms with Crippen molar-refractivity contribution in [2.75, 3.05) is 5.32 Å². The van der Waals surface area contributed by atoms with Crippen molar-refractivity contribution in [3.05, 3.63) is 91.3 Å². The lowest BCUT2D eigenvalue weighted by atomic mass is 10.1. The van der Waals surface area contributed by atoms with Crippen LogP contribution in [0.15, 0.2) is 91.3 Å². The molecule has 0 saturated carbocycles. The van der Waals surface area contributed by atoms with Crippen LogP contribution in [0, 0.1) is 0 Å². The molecule has 0 unspecified atom stereocenters. The smallest absolute Gasteiger partial charge is 0.131 e. The molecule has 4 heteroatoms. The highest BCUT2D eigenvalue weighted by molar-refractivity contribution is 5.68. The van der Waals surface area contributed by atoms with Crippen LogP contribution in [-0.2, 0) is 0 Å². The maximum atomic E-state index is 4.65. The molecule has 0 fully saturated rings. The number of nitrogens with one attached hydrogen (secondary N) is 1. The Hall–Kier alpha value is -3.53. The summed E-state index contributed by atoms with van der Waals surface area (Å²) in [5.74, 6) is 0.779. The molecule has 0 bridgehead atoms. The number of nitrogens with zero attached hydrogens (tertiary/aromatic N) is 3. The SMILES string of the molecule is c1ccc(-c2cccc(Nc3cccc(-c4ccccn4)n3)c2)nc1. The van der Waals surface area contributed by atoms with E-state index in [4.69, 9.17) is 0 Å². The number of rotatable bonds is 4. The predicted octanol–water partition coefficient (Wildman–Crippen LogP) is 4.95. The summed E-state index contributed by atoms with van der Waals surface area (Å²) in [5.41, 5.74) is 4.67. The zero-order valence-electron chi connectivity index (χ0n) is 13.5. The Morgan fingerprint density at radius 1 is 0.600 bits per heavy atom. The van der Waals surface area contributed by atoms with E-state index in [1.807, 2.05) is 72.8 Å². The number of hydrogen-bond acceptors (Lipinski definition) is 4. The Morgan fingerprint density at radius 2 is 1.32 bits per heavy atom. The molecule has 3 aromatic heterocycles. The summed E-state index contributed by atoms with van der Waals surface area (Å²) in [6, 6.07) is 25.7. The van der Waals surface area contributed by atoms with E-state index >= 15 is 0 Å². The van der Waals surface area contributed by atoms with Crippen LogP contribution in [-0.4, -0.2) is 15.0 Å². The second kappa shape index (κ2) is 6.93. The molecule has 25 heavy (non-hydrogen) atoms. The van der Waals surface area contributed by atoms with Gasteiger partial charge in [0.15, 0.2) is 0 Å².